The van der Waals surface area contributed by atoms with E-state index in [0.29, 0.717) is 18.3 Å². The van der Waals surface area contributed by atoms with Gasteiger partial charge in [-0.05, 0) is 37.7 Å². The normalized spacial score (nSPS) is 17.4. The minimum atomic E-state index is -0.0209. The summed E-state index contributed by atoms with van der Waals surface area (Å²) in [5.74, 6) is -0.0209. The van der Waals surface area contributed by atoms with Crippen LogP contribution in [0.2, 0.25) is 0 Å². The first kappa shape index (κ1) is 15.4. The van der Waals surface area contributed by atoms with Crippen molar-refractivity contribution in [3.8, 4) is 0 Å². The van der Waals surface area contributed by atoms with E-state index < -0.39 is 0 Å². The van der Waals surface area contributed by atoms with Gasteiger partial charge >= 0.3 is 0 Å². The molecule has 7 heteroatoms. The smallest absolute Gasteiger partial charge is 0.276 e. The van der Waals surface area contributed by atoms with Crippen LogP contribution in [-0.2, 0) is 33.5 Å². The average molecular weight is 328 g/mol. The van der Waals surface area contributed by atoms with Crippen molar-refractivity contribution in [2.24, 2.45) is 14.1 Å². The van der Waals surface area contributed by atoms with Gasteiger partial charge in [-0.15, -0.1) is 5.10 Å². The van der Waals surface area contributed by atoms with Crippen molar-refractivity contribution in [3.63, 3.8) is 0 Å². The fourth-order valence-corrected chi connectivity index (χ4v) is 4.16. The van der Waals surface area contributed by atoms with Gasteiger partial charge in [0, 0.05) is 25.8 Å². The molecule has 2 aromatic rings. The Morgan fingerprint density at radius 1 is 1.25 bits per heavy atom. The number of aryl methyl sites for hydroxylation is 2. The number of amides is 1. The molecule has 2 aliphatic carbocycles. The fraction of sp³-hybridized carbons (Fsp3) is 0.647. The molecule has 2 aromatic heterocycles. The maximum atomic E-state index is 13.0. The SMILES string of the molecule is Cn1cc(C(=O)N(Cc2nn(C)c3c2CCC3)C2CCCC2)nn1. The highest BCUT2D eigenvalue weighted by Gasteiger charge is 2.31. The summed E-state index contributed by atoms with van der Waals surface area (Å²) in [6, 6.07) is 0.290. The van der Waals surface area contributed by atoms with Gasteiger partial charge in [0.15, 0.2) is 5.69 Å². The van der Waals surface area contributed by atoms with Crippen LogP contribution in [0.15, 0.2) is 6.20 Å². The van der Waals surface area contributed by atoms with Gasteiger partial charge in [-0.25, -0.2) is 0 Å². The Morgan fingerprint density at radius 3 is 2.75 bits per heavy atom. The second-order valence-electron chi connectivity index (χ2n) is 7.00. The predicted molar refractivity (Wildman–Crippen MR) is 88.4 cm³/mol. The molecule has 0 atom stereocenters. The van der Waals surface area contributed by atoms with Crippen molar-refractivity contribution in [1.29, 1.82) is 0 Å². The van der Waals surface area contributed by atoms with Crippen LogP contribution < -0.4 is 0 Å². The molecular weight excluding hydrogens is 304 g/mol. The first-order chi connectivity index (χ1) is 11.6. The maximum absolute atomic E-state index is 13.0. The van der Waals surface area contributed by atoms with Crippen molar-refractivity contribution in [1.82, 2.24) is 29.7 Å². The molecule has 0 aromatic carbocycles. The Labute approximate surface area is 141 Å². The molecule has 0 N–H and O–H groups in total. The molecule has 1 fully saturated rings. The first-order valence-corrected chi connectivity index (χ1v) is 8.84. The van der Waals surface area contributed by atoms with Crippen LogP contribution in [0.4, 0.5) is 0 Å². The van der Waals surface area contributed by atoms with Crippen LogP contribution in [0.1, 0.15) is 59.5 Å². The Hall–Kier alpha value is -2.18. The predicted octanol–water partition coefficient (Wildman–Crippen LogP) is 1.62. The van der Waals surface area contributed by atoms with Gasteiger partial charge in [-0.3, -0.25) is 14.2 Å². The van der Waals surface area contributed by atoms with E-state index in [4.69, 9.17) is 5.10 Å². The molecule has 0 spiro atoms. The minimum absolute atomic E-state index is 0.0209. The van der Waals surface area contributed by atoms with E-state index in [0.717, 1.165) is 31.4 Å². The van der Waals surface area contributed by atoms with E-state index >= 15 is 0 Å². The lowest BCUT2D eigenvalue weighted by atomic mass is 10.1. The van der Waals surface area contributed by atoms with Crippen molar-refractivity contribution in [2.45, 2.75) is 57.5 Å². The first-order valence-electron chi connectivity index (χ1n) is 8.84. The zero-order chi connectivity index (χ0) is 16.7. The molecule has 7 nitrogen and oxygen atoms in total. The molecule has 2 aliphatic rings. The second kappa shape index (κ2) is 6.03. The zero-order valence-electron chi connectivity index (χ0n) is 14.4. The number of hydrogen-bond donors (Lipinski definition) is 0. The highest BCUT2D eigenvalue weighted by atomic mass is 16.2. The van der Waals surface area contributed by atoms with Gasteiger partial charge in [-0.2, -0.15) is 5.10 Å². The molecule has 128 valence electrons. The van der Waals surface area contributed by atoms with E-state index in [-0.39, 0.29) is 5.91 Å². The number of nitrogens with zero attached hydrogens (tertiary/aromatic N) is 6. The van der Waals surface area contributed by atoms with E-state index in [9.17, 15) is 4.79 Å². The molecule has 4 rings (SSSR count). The lowest BCUT2D eigenvalue weighted by Crippen LogP contribution is -2.39. The maximum Gasteiger partial charge on any atom is 0.276 e. The quantitative estimate of drug-likeness (QED) is 0.855. The van der Waals surface area contributed by atoms with E-state index in [1.807, 2.05) is 16.6 Å². The summed E-state index contributed by atoms with van der Waals surface area (Å²) in [6.07, 6.45) is 9.59. The molecule has 1 amide bonds. The molecule has 0 radical (unpaired) electrons. The topological polar surface area (TPSA) is 68.8 Å². The summed E-state index contributed by atoms with van der Waals surface area (Å²) in [6.45, 7) is 0.587. The molecule has 0 unspecified atom stereocenters. The third-order valence-electron chi connectivity index (χ3n) is 5.37. The monoisotopic (exact) mass is 328 g/mol. The van der Waals surface area contributed by atoms with Crippen molar-refractivity contribution < 1.29 is 4.79 Å². The minimum Gasteiger partial charge on any atom is -0.328 e. The van der Waals surface area contributed by atoms with Crippen molar-refractivity contribution in [3.05, 3.63) is 28.8 Å². The number of carbonyl (C=O) groups excluding carboxylic acids is 1. The van der Waals surface area contributed by atoms with Crippen LogP contribution >= 0.6 is 0 Å². The van der Waals surface area contributed by atoms with E-state index in [1.54, 1.807) is 17.9 Å². The molecule has 24 heavy (non-hydrogen) atoms. The summed E-state index contributed by atoms with van der Waals surface area (Å²) in [5.41, 5.74) is 4.18. The average Bonchev–Trinajstić information content (AvgIpc) is 3.32. The van der Waals surface area contributed by atoms with Crippen LogP contribution in [0.25, 0.3) is 0 Å². The highest BCUT2D eigenvalue weighted by Crippen LogP contribution is 2.29. The van der Waals surface area contributed by atoms with E-state index in [1.165, 1.54) is 30.5 Å². The van der Waals surface area contributed by atoms with Gasteiger partial charge in [0.2, 0.25) is 0 Å². The second-order valence-corrected chi connectivity index (χ2v) is 7.00. The lowest BCUT2D eigenvalue weighted by molar-refractivity contribution is 0.0654. The molecule has 0 bridgehead atoms. The molecule has 1 saturated carbocycles. The number of rotatable bonds is 4. The summed E-state index contributed by atoms with van der Waals surface area (Å²) in [5, 5.41) is 12.6. The summed E-state index contributed by atoms with van der Waals surface area (Å²) >= 11 is 0. The Morgan fingerprint density at radius 2 is 2.04 bits per heavy atom. The lowest BCUT2D eigenvalue weighted by Gasteiger charge is -2.28. The summed E-state index contributed by atoms with van der Waals surface area (Å²) in [4.78, 5) is 15.0. The Bertz CT molecular complexity index is 755. The van der Waals surface area contributed by atoms with Gasteiger partial charge in [-0.1, -0.05) is 18.1 Å². The van der Waals surface area contributed by atoms with E-state index in [2.05, 4.69) is 10.3 Å². The number of fused-ring (bicyclic) bond motifs is 1. The zero-order valence-corrected chi connectivity index (χ0v) is 14.4. The summed E-state index contributed by atoms with van der Waals surface area (Å²) in [7, 11) is 3.80. The van der Waals surface area contributed by atoms with Crippen LogP contribution in [0.3, 0.4) is 0 Å². The molecule has 2 heterocycles. The molecule has 0 saturated heterocycles. The molecule has 0 aliphatic heterocycles. The molecular formula is C17H24N6O. The number of aromatic nitrogens is 5. The number of hydrogen-bond acceptors (Lipinski definition) is 4. The third-order valence-corrected chi connectivity index (χ3v) is 5.37. The van der Waals surface area contributed by atoms with Gasteiger partial charge < -0.3 is 4.90 Å². The van der Waals surface area contributed by atoms with Crippen LogP contribution in [0, 0.1) is 0 Å². The van der Waals surface area contributed by atoms with Gasteiger partial charge in [0.1, 0.15) is 0 Å². The number of carbonyl (C=O) groups is 1. The standard InChI is InChI=1S/C17H24N6O/c1-21-10-15(18-20-21)17(24)23(12-6-3-4-7-12)11-14-13-8-5-9-16(13)22(2)19-14/h10,12H,3-9,11H2,1-2H3. The van der Waals surface area contributed by atoms with Gasteiger partial charge in [0.05, 0.1) is 18.4 Å². The Balaban J connectivity index is 1.63. The van der Waals surface area contributed by atoms with Gasteiger partial charge in [0.25, 0.3) is 5.91 Å². The largest absolute Gasteiger partial charge is 0.328 e. The highest BCUT2D eigenvalue weighted by molar-refractivity contribution is 5.92. The van der Waals surface area contributed by atoms with Crippen LogP contribution in [0.5, 0.6) is 0 Å². The third kappa shape index (κ3) is 2.61. The fourth-order valence-electron chi connectivity index (χ4n) is 4.16. The Kier molecular flexibility index (Phi) is 3.86. The van der Waals surface area contributed by atoms with Crippen molar-refractivity contribution in [2.75, 3.05) is 0 Å². The van der Waals surface area contributed by atoms with Crippen molar-refractivity contribution >= 4 is 5.91 Å². The summed E-state index contributed by atoms with van der Waals surface area (Å²) < 4.78 is 3.58. The van der Waals surface area contributed by atoms with Crippen LogP contribution in [-0.4, -0.2) is 41.6 Å².